The van der Waals surface area contributed by atoms with Gasteiger partial charge >= 0.3 is 6.09 Å². The van der Waals surface area contributed by atoms with Crippen molar-refractivity contribution in [1.82, 2.24) is 5.32 Å². The summed E-state index contributed by atoms with van der Waals surface area (Å²) in [6, 6.07) is 0. The Morgan fingerprint density at radius 3 is 3.21 bits per heavy atom. The zero-order valence-corrected chi connectivity index (χ0v) is 7.98. The SMILES string of the molecule is C=CCNC(=O)O[C@@H]1CCC=C[C@H]1O. The molecule has 0 bridgehead atoms. The molecule has 0 aliphatic heterocycles. The van der Waals surface area contributed by atoms with Crippen LogP contribution in [-0.2, 0) is 4.74 Å². The number of nitrogens with one attached hydrogen (secondary N) is 1. The number of aliphatic hydroxyl groups excluding tert-OH is 1. The minimum atomic E-state index is -0.682. The Balaban J connectivity index is 2.32. The van der Waals surface area contributed by atoms with Gasteiger partial charge in [-0.05, 0) is 12.8 Å². The largest absolute Gasteiger partial charge is 0.443 e. The summed E-state index contributed by atoms with van der Waals surface area (Å²) in [6.45, 7) is 3.84. The molecule has 1 aliphatic rings. The molecule has 2 N–H and O–H groups in total. The smallest absolute Gasteiger partial charge is 0.407 e. The van der Waals surface area contributed by atoms with E-state index >= 15 is 0 Å². The first-order valence-electron chi connectivity index (χ1n) is 4.64. The van der Waals surface area contributed by atoms with Gasteiger partial charge in [0.15, 0.2) is 0 Å². The van der Waals surface area contributed by atoms with Gasteiger partial charge in [0.05, 0.1) is 0 Å². The lowest BCUT2D eigenvalue weighted by atomic mass is 10.0. The van der Waals surface area contributed by atoms with E-state index in [0.29, 0.717) is 13.0 Å². The molecule has 1 amide bonds. The van der Waals surface area contributed by atoms with Crippen LogP contribution in [0.5, 0.6) is 0 Å². The van der Waals surface area contributed by atoms with Crippen molar-refractivity contribution in [3.63, 3.8) is 0 Å². The molecule has 78 valence electrons. The van der Waals surface area contributed by atoms with Gasteiger partial charge in [-0.2, -0.15) is 0 Å². The van der Waals surface area contributed by atoms with Gasteiger partial charge in [-0.1, -0.05) is 18.2 Å². The van der Waals surface area contributed by atoms with Gasteiger partial charge in [-0.3, -0.25) is 0 Å². The summed E-state index contributed by atoms with van der Waals surface area (Å²) in [6.07, 6.45) is 4.97. The standard InChI is InChI=1S/C10H15NO3/c1-2-7-11-10(13)14-9-6-4-3-5-8(9)12/h2-3,5,8-9,12H,1,4,6-7H2,(H,11,13)/t8-,9-/m1/s1. The normalized spacial score (nSPS) is 25.5. The molecular weight excluding hydrogens is 182 g/mol. The fraction of sp³-hybridized carbons (Fsp3) is 0.500. The molecule has 0 unspecified atom stereocenters. The number of amides is 1. The number of carbonyl (C=O) groups is 1. The summed E-state index contributed by atoms with van der Waals surface area (Å²) < 4.78 is 5.01. The van der Waals surface area contributed by atoms with Crippen LogP contribution in [0.3, 0.4) is 0 Å². The second-order valence-corrected chi connectivity index (χ2v) is 3.11. The van der Waals surface area contributed by atoms with Gasteiger partial charge in [-0.15, -0.1) is 6.58 Å². The monoisotopic (exact) mass is 197 g/mol. The lowest BCUT2D eigenvalue weighted by Crippen LogP contribution is -2.36. The highest BCUT2D eigenvalue weighted by Gasteiger charge is 2.22. The van der Waals surface area contributed by atoms with E-state index < -0.39 is 18.3 Å². The molecule has 1 rings (SSSR count). The third-order valence-electron chi connectivity index (χ3n) is 1.98. The fourth-order valence-electron chi connectivity index (χ4n) is 1.25. The van der Waals surface area contributed by atoms with Gasteiger partial charge in [0.2, 0.25) is 0 Å². The Morgan fingerprint density at radius 2 is 2.57 bits per heavy atom. The Morgan fingerprint density at radius 1 is 1.79 bits per heavy atom. The summed E-state index contributed by atoms with van der Waals surface area (Å²) in [5, 5.41) is 11.9. The average molecular weight is 197 g/mol. The minimum Gasteiger partial charge on any atom is -0.443 e. The van der Waals surface area contributed by atoms with Crippen LogP contribution in [0.1, 0.15) is 12.8 Å². The Bertz CT molecular complexity index is 238. The van der Waals surface area contributed by atoms with E-state index in [1.807, 2.05) is 6.08 Å². The van der Waals surface area contributed by atoms with Crippen molar-refractivity contribution in [3.05, 3.63) is 24.8 Å². The lowest BCUT2D eigenvalue weighted by molar-refractivity contribution is 0.0177. The van der Waals surface area contributed by atoms with Crippen molar-refractivity contribution >= 4 is 6.09 Å². The maximum Gasteiger partial charge on any atom is 0.407 e. The van der Waals surface area contributed by atoms with E-state index in [1.165, 1.54) is 0 Å². The fourth-order valence-corrected chi connectivity index (χ4v) is 1.25. The van der Waals surface area contributed by atoms with Crippen LogP contribution in [0.15, 0.2) is 24.8 Å². The van der Waals surface area contributed by atoms with Crippen molar-refractivity contribution in [2.24, 2.45) is 0 Å². The number of ether oxygens (including phenoxy) is 1. The van der Waals surface area contributed by atoms with E-state index in [9.17, 15) is 9.90 Å². The van der Waals surface area contributed by atoms with Crippen molar-refractivity contribution in [1.29, 1.82) is 0 Å². The first kappa shape index (κ1) is 10.8. The molecule has 14 heavy (non-hydrogen) atoms. The van der Waals surface area contributed by atoms with Gasteiger partial charge in [0.1, 0.15) is 12.2 Å². The maximum absolute atomic E-state index is 11.1. The predicted octanol–water partition coefficient (Wildman–Crippen LogP) is 0.978. The van der Waals surface area contributed by atoms with Crippen molar-refractivity contribution < 1.29 is 14.6 Å². The van der Waals surface area contributed by atoms with Gasteiger partial charge < -0.3 is 15.2 Å². The molecule has 2 atom stereocenters. The van der Waals surface area contributed by atoms with Crippen LogP contribution in [-0.4, -0.2) is 30.0 Å². The highest BCUT2D eigenvalue weighted by atomic mass is 16.6. The molecule has 1 aliphatic carbocycles. The lowest BCUT2D eigenvalue weighted by Gasteiger charge is -2.23. The molecule has 0 aromatic rings. The third kappa shape index (κ3) is 3.22. The number of hydrogen-bond acceptors (Lipinski definition) is 3. The minimum absolute atomic E-state index is 0.373. The summed E-state index contributed by atoms with van der Waals surface area (Å²) in [7, 11) is 0. The molecule has 4 heteroatoms. The van der Waals surface area contributed by atoms with Gasteiger partial charge in [0.25, 0.3) is 0 Å². The molecule has 4 nitrogen and oxygen atoms in total. The first-order chi connectivity index (χ1) is 6.74. The number of hydrogen-bond donors (Lipinski definition) is 2. The molecule has 0 radical (unpaired) electrons. The topological polar surface area (TPSA) is 58.6 Å². The van der Waals surface area contributed by atoms with Crippen LogP contribution in [0.2, 0.25) is 0 Å². The number of aliphatic hydroxyl groups is 1. The van der Waals surface area contributed by atoms with Gasteiger partial charge in [0, 0.05) is 6.54 Å². The van der Waals surface area contributed by atoms with E-state index in [2.05, 4.69) is 11.9 Å². The van der Waals surface area contributed by atoms with Crippen molar-refractivity contribution in [2.75, 3.05) is 6.54 Å². The second-order valence-electron chi connectivity index (χ2n) is 3.11. The summed E-state index contributed by atoms with van der Waals surface area (Å²) >= 11 is 0. The average Bonchev–Trinajstić information content (AvgIpc) is 2.18. The molecule has 0 aromatic carbocycles. The predicted molar refractivity (Wildman–Crippen MR) is 52.8 cm³/mol. The molecule has 0 saturated carbocycles. The zero-order chi connectivity index (χ0) is 10.4. The molecule has 0 saturated heterocycles. The quantitative estimate of drug-likeness (QED) is 0.663. The van der Waals surface area contributed by atoms with Crippen LogP contribution in [0, 0.1) is 0 Å². The van der Waals surface area contributed by atoms with Gasteiger partial charge in [-0.25, -0.2) is 4.79 Å². The number of allylic oxidation sites excluding steroid dienone is 1. The molecule has 0 heterocycles. The van der Waals surface area contributed by atoms with E-state index in [0.717, 1.165) is 6.42 Å². The van der Waals surface area contributed by atoms with Crippen LogP contribution >= 0.6 is 0 Å². The molecule has 0 spiro atoms. The summed E-state index contributed by atoms with van der Waals surface area (Å²) in [4.78, 5) is 11.1. The summed E-state index contributed by atoms with van der Waals surface area (Å²) in [5.41, 5.74) is 0. The third-order valence-corrected chi connectivity index (χ3v) is 1.98. The molecular formula is C10H15NO3. The Kier molecular flexibility index (Phi) is 4.19. The summed E-state index contributed by atoms with van der Waals surface area (Å²) in [5.74, 6) is 0. The van der Waals surface area contributed by atoms with Crippen LogP contribution < -0.4 is 5.32 Å². The second kappa shape index (κ2) is 5.44. The van der Waals surface area contributed by atoms with Crippen molar-refractivity contribution in [3.8, 4) is 0 Å². The molecule has 0 fully saturated rings. The van der Waals surface area contributed by atoms with E-state index in [-0.39, 0.29) is 0 Å². The maximum atomic E-state index is 11.1. The highest BCUT2D eigenvalue weighted by Crippen LogP contribution is 2.14. The Hall–Kier alpha value is -1.29. The first-order valence-corrected chi connectivity index (χ1v) is 4.64. The highest BCUT2D eigenvalue weighted by molar-refractivity contribution is 5.67. The van der Waals surface area contributed by atoms with Crippen molar-refractivity contribution in [2.45, 2.75) is 25.0 Å². The number of alkyl carbamates (subject to hydrolysis) is 1. The number of carbonyl (C=O) groups excluding carboxylic acids is 1. The van der Waals surface area contributed by atoms with Crippen LogP contribution in [0.4, 0.5) is 4.79 Å². The zero-order valence-electron chi connectivity index (χ0n) is 7.98. The number of rotatable bonds is 3. The van der Waals surface area contributed by atoms with Crippen LogP contribution in [0.25, 0.3) is 0 Å². The molecule has 0 aromatic heterocycles. The van der Waals surface area contributed by atoms with E-state index in [4.69, 9.17) is 4.74 Å². The Labute approximate surface area is 83.3 Å². The van der Waals surface area contributed by atoms with E-state index in [1.54, 1.807) is 12.2 Å².